The van der Waals surface area contributed by atoms with Gasteiger partial charge in [-0.3, -0.25) is 4.79 Å². The molecule has 0 aromatic heterocycles. The van der Waals surface area contributed by atoms with Crippen LogP contribution in [0.2, 0.25) is 0 Å². The number of hydrogen-bond acceptors (Lipinski definition) is 4. The summed E-state index contributed by atoms with van der Waals surface area (Å²) in [6, 6.07) is 2.50. The van der Waals surface area contributed by atoms with Crippen LogP contribution in [-0.4, -0.2) is 37.1 Å². The molecule has 136 valence electrons. The summed E-state index contributed by atoms with van der Waals surface area (Å²) >= 11 is 0. The number of ether oxygens (including phenoxy) is 2. The fraction of sp³-hybridized carbons (Fsp3) is 0.417. The minimum absolute atomic E-state index is 0.764. The molecule has 0 unspecified atom stereocenters. The second-order valence-corrected chi connectivity index (χ2v) is 4.21. The highest BCUT2D eigenvalue weighted by Crippen LogP contribution is 2.41. The second kappa shape index (κ2) is 6.79. The molecule has 0 atom stereocenters. The van der Waals surface area contributed by atoms with Gasteiger partial charge in [0, 0.05) is 0 Å². The summed E-state index contributed by atoms with van der Waals surface area (Å²) in [5.74, 6) is -6.54. The number of benzene rings is 1. The van der Waals surface area contributed by atoms with Crippen molar-refractivity contribution in [2.45, 2.75) is 18.0 Å². The van der Waals surface area contributed by atoms with Crippen LogP contribution in [0.25, 0.3) is 0 Å². The predicted molar refractivity (Wildman–Crippen MR) is 57.7 cm³/mol. The minimum atomic E-state index is -6.50. The molecule has 0 spiro atoms. The van der Waals surface area contributed by atoms with Crippen LogP contribution in [0.3, 0.4) is 0 Å². The Morgan fingerprint density at radius 2 is 1.42 bits per heavy atom. The fourth-order valence-electron chi connectivity index (χ4n) is 1.39. The zero-order chi connectivity index (χ0) is 18.8. The maximum absolute atomic E-state index is 13.1. The third kappa shape index (κ3) is 3.86. The standard InChI is InChI=1S/C12H7F8O4/c13-6-2-1-3-7(14)8(6)23-4-5-24-9(21)10(22,11(15,16)17)12(18,19)20/h1-3H,4-5H2/q-1. The van der Waals surface area contributed by atoms with Gasteiger partial charge in [0.2, 0.25) is 0 Å². The predicted octanol–water partition coefficient (Wildman–Crippen LogP) is 2.11. The van der Waals surface area contributed by atoms with Gasteiger partial charge in [-0.25, -0.2) is 8.78 Å². The molecule has 0 saturated heterocycles. The molecule has 0 bridgehead atoms. The van der Waals surface area contributed by atoms with Crippen molar-refractivity contribution in [3.05, 3.63) is 29.8 Å². The molecule has 1 aromatic carbocycles. The minimum Gasteiger partial charge on any atom is -0.828 e. The number of hydrogen-bond donors (Lipinski definition) is 0. The second-order valence-electron chi connectivity index (χ2n) is 4.21. The van der Waals surface area contributed by atoms with E-state index >= 15 is 0 Å². The number of alkyl halides is 6. The van der Waals surface area contributed by atoms with Crippen molar-refractivity contribution >= 4 is 5.97 Å². The first-order chi connectivity index (χ1) is 10.8. The van der Waals surface area contributed by atoms with Crippen LogP contribution in [0, 0.1) is 11.6 Å². The van der Waals surface area contributed by atoms with E-state index in [0.29, 0.717) is 0 Å². The summed E-state index contributed by atoms with van der Waals surface area (Å²) in [4.78, 5) is 10.9. The van der Waals surface area contributed by atoms with Crippen LogP contribution in [0.5, 0.6) is 5.75 Å². The first kappa shape index (κ1) is 19.9. The van der Waals surface area contributed by atoms with Gasteiger partial charge in [0.05, 0.1) is 0 Å². The van der Waals surface area contributed by atoms with E-state index < -0.39 is 54.5 Å². The molecule has 0 fully saturated rings. The van der Waals surface area contributed by atoms with Crippen molar-refractivity contribution in [1.82, 2.24) is 0 Å². The molecular weight excluding hydrogens is 360 g/mol. The molecular formula is C12H7F8O4-. The van der Waals surface area contributed by atoms with Gasteiger partial charge in [0.1, 0.15) is 13.2 Å². The van der Waals surface area contributed by atoms with Gasteiger partial charge < -0.3 is 14.6 Å². The van der Waals surface area contributed by atoms with Crippen LogP contribution >= 0.6 is 0 Å². The number of esters is 1. The maximum Gasteiger partial charge on any atom is 0.399 e. The van der Waals surface area contributed by atoms with E-state index in [1.807, 2.05) is 0 Å². The summed E-state index contributed by atoms with van der Waals surface area (Å²) in [6.07, 6.45) is -13.0. The molecule has 24 heavy (non-hydrogen) atoms. The van der Waals surface area contributed by atoms with Gasteiger partial charge in [-0.15, -0.1) is 0 Å². The van der Waals surface area contributed by atoms with Gasteiger partial charge >= 0.3 is 18.3 Å². The number of para-hydroxylation sites is 1. The third-order valence-corrected chi connectivity index (χ3v) is 2.57. The van der Waals surface area contributed by atoms with E-state index in [-0.39, 0.29) is 0 Å². The SMILES string of the molecule is O=C(OCCOc1c(F)cccc1F)C([O-])(C(F)(F)F)C(F)(F)F. The van der Waals surface area contributed by atoms with E-state index in [2.05, 4.69) is 9.47 Å². The number of carbonyl (C=O) groups excluding carboxylic acids is 1. The Labute approximate surface area is 128 Å². The molecule has 0 amide bonds. The lowest BCUT2D eigenvalue weighted by atomic mass is 10.0. The quantitative estimate of drug-likeness (QED) is 0.455. The zero-order valence-corrected chi connectivity index (χ0v) is 11.3. The lowest BCUT2D eigenvalue weighted by molar-refractivity contribution is -0.574. The van der Waals surface area contributed by atoms with Gasteiger partial charge in [0.15, 0.2) is 23.0 Å². The van der Waals surface area contributed by atoms with Crippen LogP contribution in [0.1, 0.15) is 0 Å². The van der Waals surface area contributed by atoms with Crippen molar-refractivity contribution in [3.63, 3.8) is 0 Å². The zero-order valence-electron chi connectivity index (χ0n) is 11.3. The molecule has 1 rings (SSSR count). The molecule has 4 nitrogen and oxygen atoms in total. The summed E-state index contributed by atoms with van der Waals surface area (Å²) < 4.78 is 108. The summed E-state index contributed by atoms with van der Waals surface area (Å²) in [5, 5.41) is 10.9. The van der Waals surface area contributed by atoms with Gasteiger partial charge in [-0.05, 0) is 12.1 Å². The van der Waals surface area contributed by atoms with E-state index in [9.17, 15) is 45.0 Å². The van der Waals surface area contributed by atoms with Crippen molar-refractivity contribution < 1.29 is 54.5 Å². The topological polar surface area (TPSA) is 58.6 Å². The average molecular weight is 367 g/mol. The summed E-state index contributed by atoms with van der Waals surface area (Å²) in [7, 11) is 0. The molecule has 0 aliphatic carbocycles. The van der Waals surface area contributed by atoms with Crippen LogP contribution in [0.4, 0.5) is 35.1 Å². The molecule has 0 aliphatic heterocycles. The van der Waals surface area contributed by atoms with Crippen molar-refractivity contribution in [2.75, 3.05) is 13.2 Å². The highest BCUT2D eigenvalue weighted by molar-refractivity contribution is 5.81. The first-order valence-corrected chi connectivity index (χ1v) is 5.90. The average Bonchev–Trinajstić information content (AvgIpc) is 2.42. The van der Waals surface area contributed by atoms with Crippen LogP contribution < -0.4 is 9.84 Å². The van der Waals surface area contributed by atoms with E-state index in [4.69, 9.17) is 0 Å². The Hall–Kier alpha value is -2.11. The Bertz CT molecular complexity index is 561. The molecule has 0 radical (unpaired) electrons. The molecule has 0 saturated carbocycles. The Balaban J connectivity index is 2.72. The highest BCUT2D eigenvalue weighted by atomic mass is 19.4. The fourth-order valence-corrected chi connectivity index (χ4v) is 1.39. The number of rotatable bonds is 5. The van der Waals surface area contributed by atoms with E-state index in [0.717, 1.165) is 18.2 Å². The smallest absolute Gasteiger partial charge is 0.399 e. The van der Waals surface area contributed by atoms with Crippen LogP contribution in [-0.2, 0) is 9.53 Å². The van der Waals surface area contributed by atoms with E-state index in [1.54, 1.807) is 0 Å². The molecule has 1 aromatic rings. The molecule has 0 N–H and O–H groups in total. The van der Waals surface area contributed by atoms with Crippen molar-refractivity contribution in [1.29, 1.82) is 0 Å². The lowest BCUT2D eigenvalue weighted by Crippen LogP contribution is -2.71. The lowest BCUT2D eigenvalue weighted by Gasteiger charge is -2.40. The Kier molecular flexibility index (Phi) is 5.64. The normalized spacial score (nSPS) is 12.9. The molecule has 0 heterocycles. The maximum atomic E-state index is 13.1. The van der Waals surface area contributed by atoms with E-state index in [1.165, 1.54) is 0 Å². The number of halogens is 8. The Morgan fingerprint density at radius 1 is 0.958 bits per heavy atom. The van der Waals surface area contributed by atoms with Crippen LogP contribution in [0.15, 0.2) is 18.2 Å². The largest absolute Gasteiger partial charge is 0.828 e. The summed E-state index contributed by atoms with van der Waals surface area (Å²) in [5.41, 5.74) is -5.98. The Morgan fingerprint density at radius 3 is 1.83 bits per heavy atom. The van der Waals surface area contributed by atoms with Crippen molar-refractivity contribution in [2.24, 2.45) is 0 Å². The monoisotopic (exact) mass is 367 g/mol. The molecule has 12 heteroatoms. The molecule has 0 aliphatic rings. The first-order valence-electron chi connectivity index (χ1n) is 5.90. The summed E-state index contributed by atoms with van der Waals surface area (Å²) in [6.45, 7) is -2.27. The third-order valence-electron chi connectivity index (χ3n) is 2.57. The van der Waals surface area contributed by atoms with Gasteiger partial charge in [-0.2, -0.15) is 26.3 Å². The number of carbonyl (C=O) groups is 1. The van der Waals surface area contributed by atoms with Gasteiger partial charge in [0.25, 0.3) is 0 Å². The van der Waals surface area contributed by atoms with Crippen molar-refractivity contribution in [3.8, 4) is 5.75 Å². The van der Waals surface area contributed by atoms with Gasteiger partial charge in [-0.1, -0.05) is 6.07 Å². The highest BCUT2D eigenvalue weighted by Gasteiger charge is 2.68.